The zero-order valence-electron chi connectivity index (χ0n) is 8.27. The van der Waals surface area contributed by atoms with Crippen molar-refractivity contribution in [1.29, 1.82) is 0 Å². The molecule has 0 spiro atoms. The zero-order valence-corrected chi connectivity index (χ0v) is 8.27. The van der Waals surface area contributed by atoms with Crippen molar-refractivity contribution in [3.63, 3.8) is 0 Å². The smallest absolute Gasteiger partial charge is 0.334 e. The van der Waals surface area contributed by atoms with E-state index >= 15 is 0 Å². The molecule has 0 fully saturated rings. The number of esters is 1. The molecule has 1 rings (SSSR count). The van der Waals surface area contributed by atoms with Crippen molar-refractivity contribution in [3.05, 3.63) is 30.9 Å². The van der Waals surface area contributed by atoms with Crippen LogP contribution >= 0.6 is 0 Å². The first kappa shape index (κ1) is 11.0. The van der Waals surface area contributed by atoms with E-state index in [1.165, 1.54) is 30.2 Å². The van der Waals surface area contributed by atoms with E-state index in [2.05, 4.69) is 21.6 Å². The van der Waals surface area contributed by atoms with Crippen LogP contribution in [0.1, 0.15) is 6.92 Å². The molecule has 80 valence electrons. The molecule has 0 atom stereocenters. The Labute approximate surface area is 86.6 Å². The third kappa shape index (κ3) is 3.26. The number of ether oxygens (including phenoxy) is 1. The number of imidazole rings is 1. The van der Waals surface area contributed by atoms with Gasteiger partial charge in [-0.3, -0.25) is 4.57 Å². The first-order valence-corrected chi connectivity index (χ1v) is 4.20. The fourth-order valence-electron chi connectivity index (χ4n) is 0.757. The summed E-state index contributed by atoms with van der Waals surface area (Å²) in [6.45, 7) is 4.74. The summed E-state index contributed by atoms with van der Waals surface area (Å²) in [5.41, 5.74) is 0.284. The molecule has 1 aromatic heterocycles. The zero-order chi connectivity index (χ0) is 11.3. The summed E-state index contributed by atoms with van der Waals surface area (Å²) in [6.07, 6.45) is 4.30. The largest absolute Gasteiger partial charge is 0.441 e. The average Bonchev–Trinajstić information content (AvgIpc) is 2.70. The molecule has 1 N–H and O–H groups in total. The van der Waals surface area contributed by atoms with Gasteiger partial charge in [-0.2, -0.15) is 0 Å². The van der Waals surface area contributed by atoms with Crippen molar-refractivity contribution in [2.45, 2.75) is 6.92 Å². The first-order chi connectivity index (χ1) is 7.11. The molecule has 1 heterocycles. The maximum Gasteiger partial charge on any atom is 0.334 e. The molecule has 0 aliphatic carbocycles. The van der Waals surface area contributed by atoms with Crippen LogP contribution in [0.3, 0.4) is 0 Å². The number of nitrogens with zero attached hydrogens (tertiary/aromatic N) is 2. The lowest BCUT2D eigenvalue weighted by atomic mass is 10.4. The van der Waals surface area contributed by atoms with Gasteiger partial charge in [-0.05, 0) is 6.92 Å². The second-order valence-electron chi connectivity index (χ2n) is 2.81. The molecule has 1 aromatic rings. The highest BCUT2D eigenvalue weighted by Gasteiger charge is 2.05. The molecule has 0 bridgehead atoms. The number of carbonyl (C=O) groups excluding carboxylic acids is 2. The number of carbonyl (C=O) groups is 2. The minimum absolute atomic E-state index is 0.192. The van der Waals surface area contributed by atoms with Crippen LogP contribution in [-0.4, -0.2) is 28.3 Å². The van der Waals surface area contributed by atoms with Gasteiger partial charge in [0.2, 0.25) is 0 Å². The number of hydrogen-bond acceptors (Lipinski definition) is 4. The summed E-state index contributed by atoms with van der Waals surface area (Å²) in [5.74, 6) is -0.541. The van der Waals surface area contributed by atoms with Crippen molar-refractivity contribution in [3.8, 4) is 0 Å². The van der Waals surface area contributed by atoms with Gasteiger partial charge >= 0.3 is 12.0 Å². The summed E-state index contributed by atoms with van der Waals surface area (Å²) >= 11 is 0. The van der Waals surface area contributed by atoms with Crippen LogP contribution in [0, 0.1) is 0 Å². The minimum atomic E-state index is -0.541. The van der Waals surface area contributed by atoms with E-state index in [-0.39, 0.29) is 12.3 Å². The lowest BCUT2D eigenvalue weighted by Gasteiger charge is -2.06. The predicted molar refractivity (Wildman–Crippen MR) is 51.9 cm³/mol. The summed E-state index contributed by atoms with van der Waals surface area (Å²) in [4.78, 5) is 25.9. The number of amides is 1. The van der Waals surface area contributed by atoms with Crippen molar-refractivity contribution in [2.75, 3.05) is 6.73 Å². The first-order valence-electron chi connectivity index (χ1n) is 4.20. The fraction of sp³-hybridized carbons (Fsp3) is 0.222. The van der Waals surface area contributed by atoms with Gasteiger partial charge in [-0.25, -0.2) is 14.6 Å². The standard InChI is InChI=1S/C9H11N3O3/c1-7(2)8(13)15-6-11-9(14)12-4-3-10-5-12/h3-5H,1,6H2,2H3,(H,11,14). The minimum Gasteiger partial charge on any atom is -0.441 e. The van der Waals surface area contributed by atoms with Gasteiger partial charge in [0.05, 0.1) is 0 Å². The van der Waals surface area contributed by atoms with E-state index in [4.69, 9.17) is 0 Å². The van der Waals surface area contributed by atoms with Gasteiger partial charge in [0.1, 0.15) is 6.33 Å². The lowest BCUT2D eigenvalue weighted by Crippen LogP contribution is -2.31. The third-order valence-corrected chi connectivity index (χ3v) is 1.51. The molecule has 15 heavy (non-hydrogen) atoms. The van der Waals surface area contributed by atoms with Gasteiger partial charge in [0.15, 0.2) is 6.73 Å². The molecule has 0 aliphatic rings. The Morgan fingerprint density at radius 1 is 1.60 bits per heavy atom. The van der Waals surface area contributed by atoms with Crippen LogP contribution in [0.15, 0.2) is 30.9 Å². The number of nitrogens with one attached hydrogen (secondary N) is 1. The Kier molecular flexibility index (Phi) is 3.61. The molecule has 0 radical (unpaired) electrons. The average molecular weight is 209 g/mol. The summed E-state index contributed by atoms with van der Waals surface area (Å²) in [5, 5.41) is 2.37. The van der Waals surface area contributed by atoms with E-state index in [9.17, 15) is 9.59 Å². The number of hydrogen-bond donors (Lipinski definition) is 1. The molecular weight excluding hydrogens is 198 g/mol. The second kappa shape index (κ2) is 4.94. The van der Waals surface area contributed by atoms with Gasteiger partial charge in [0.25, 0.3) is 0 Å². The Hall–Kier alpha value is -2.11. The van der Waals surface area contributed by atoms with Gasteiger partial charge in [-0.1, -0.05) is 6.58 Å². The van der Waals surface area contributed by atoms with Gasteiger partial charge in [-0.15, -0.1) is 0 Å². The summed E-state index contributed by atoms with van der Waals surface area (Å²) in [6, 6.07) is -0.415. The van der Waals surface area contributed by atoms with Crippen molar-refractivity contribution in [2.24, 2.45) is 0 Å². The van der Waals surface area contributed by atoms with E-state index in [0.29, 0.717) is 0 Å². The number of rotatable bonds is 3. The topological polar surface area (TPSA) is 73.2 Å². The molecule has 0 aromatic carbocycles. The normalized spacial score (nSPS) is 9.40. The van der Waals surface area contributed by atoms with Crippen LogP contribution in [0.5, 0.6) is 0 Å². The molecular formula is C9H11N3O3. The van der Waals surface area contributed by atoms with E-state index in [0.717, 1.165) is 0 Å². The predicted octanol–water partition coefficient (Wildman–Crippen LogP) is 0.518. The van der Waals surface area contributed by atoms with Crippen molar-refractivity contribution < 1.29 is 14.3 Å². The highest BCUT2D eigenvalue weighted by Crippen LogP contribution is 1.90. The molecule has 6 heteroatoms. The Balaban J connectivity index is 2.30. The molecule has 0 saturated heterocycles. The Bertz CT molecular complexity index is 370. The maximum absolute atomic E-state index is 11.3. The Morgan fingerprint density at radius 3 is 2.87 bits per heavy atom. The number of aromatic nitrogens is 2. The van der Waals surface area contributed by atoms with Crippen molar-refractivity contribution >= 4 is 12.0 Å². The molecule has 1 amide bonds. The van der Waals surface area contributed by atoms with Crippen LogP contribution < -0.4 is 5.32 Å². The van der Waals surface area contributed by atoms with Crippen LogP contribution in [-0.2, 0) is 9.53 Å². The quantitative estimate of drug-likeness (QED) is 0.447. The highest BCUT2D eigenvalue weighted by atomic mass is 16.5. The monoisotopic (exact) mass is 209 g/mol. The van der Waals surface area contributed by atoms with Crippen LogP contribution in [0.25, 0.3) is 0 Å². The molecule has 0 unspecified atom stereocenters. The molecule has 0 aliphatic heterocycles. The van der Waals surface area contributed by atoms with Crippen molar-refractivity contribution in [1.82, 2.24) is 14.9 Å². The Morgan fingerprint density at radius 2 is 2.33 bits per heavy atom. The lowest BCUT2D eigenvalue weighted by molar-refractivity contribution is -0.139. The third-order valence-electron chi connectivity index (χ3n) is 1.51. The second-order valence-corrected chi connectivity index (χ2v) is 2.81. The van der Waals surface area contributed by atoms with E-state index in [1.807, 2.05) is 0 Å². The fourth-order valence-corrected chi connectivity index (χ4v) is 0.757. The SMILES string of the molecule is C=C(C)C(=O)OCNC(=O)n1ccnc1. The van der Waals surface area contributed by atoms with Gasteiger partial charge in [0, 0.05) is 18.0 Å². The van der Waals surface area contributed by atoms with Crippen LogP contribution in [0.4, 0.5) is 4.79 Å². The van der Waals surface area contributed by atoms with Gasteiger partial charge < -0.3 is 10.1 Å². The van der Waals surface area contributed by atoms with E-state index < -0.39 is 12.0 Å². The van der Waals surface area contributed by atoms with E-state index in [1.54, 1.807) is 0 Å². The highest BCUT2D eigenvalue weighted by molar-refractivity contribution is 5.87. The maximum atomic E-state index is 11.3. The molecule has 0 saturated carbocycles. The summed E-state index contributed by atoms with van der Waals surface area (Å²) in [7, 11) is 0. The van der Waals surface area contributed by atoms with Crippen LogP contribution in [0.2, 0.25) is 0 Å². The summed E-state index contributed by atoms with van der Waals surface area (Å²) < 4.78 is 5.90. The molecule has 6 nitrogen and oxygen atoms in total.